The summed E-state index contributed by atoms with van der Waals surface area (Å²) in [7, 11) is 0. The number of carbonyl (C=O) groups is 2. The normalized spacial score (nSPS) is 14.4. The number of benzene rings is 2. The van der Waals surface area contributed by atoms with Crippen molar-refractivity contribution in [2.24, 2.45) is 0 Å². The molecule has 0 atom stereocenters. The number of halogens is 3. The van der Waals surface area contributed by atoms with Gasteiger partial charge in [-0.1, -0.05) is 12.1 Å². The van der Waals surface area contributed by atoms with Crippen molar-refractivity contribution in [3.63, 3.8) is 0 Å². The Kier molecular flexibility index (Phi) is 8.21. The highest BCUT2D eigenvalue weighted by atomic mass is 19.4. The highest BCUT2D eigenvalue weighted by molar-refractivity contribution is 5.94. The second-order valence-corrected chi connectivity index (χ2v) is 9.46. The summed E-state index contributed by atoms with van der Waals surface area (Å²) in [5.41, 5.74) is 1.53. The van der Waals surface area contributed by atoms with E-state index in [9.17, 15) is 22.8 Å². The molecule has 2 amide bonds. The Morgan fingerprint density at radius 1 is 1.03 bits per heavy atom. The second-order valence-electron chi connectivity index (χ2n) is 9.46. The van der Waals surface area contributed by atoms with Crippen molar-refractivity contribution in [3.05, 3.63) is 58.7 Å². The zero-order valence-corrected chi connectivity index (χ0v) is 21.4. The Hall–Kier alpha value is -3.23. The van der Waals surface area contributed by atoms with E-state index in [1.165, 1.54) is 17.0 Å². The van der Waals surface area contributed by atoms with Crippen molar-refractivity contribution in [1.82, 2.24) is 4.90 Å². The lowest BCUT2D eigenvalue weighted by Crippen LogP contribution is -2.40. The predicted octanol–water partition coefficient (Wildman–Crippen LogP) is 5.92. The van der Waals surface area contributed by atoms with Gasteiger partial charge in [0.05, 0.1) is 12.2 Å². The van der Waals surface area contributed by atoms with Gasteiger partial charge in [-0.05, 0) is 88.4 Å². The molecule has 6 nitrogen and oxygen atoms in total. The monoisotopic (exact) mass is 506 g/mol. The minimum Gasteiger partial charge on any atom is -0.476 e. The first kappa shape index (κ1) is 27.4. The minimum atomic E-state index is -4.41. The van der Waals surface area contributed by atoms with Gasteiger partial charge in [0, 0.05) is 25.3 Å². The van der Waals surface area contributed by atoms with Gasteiger partial charge in [0.25, 0.3) is 0 Å². The maximum atomic E-state index is 12.8. The smallest absolute Gasteiger partial charge is 0.416 e. The second kappa shape index (κ2) is 10.8. The molecule has 0 unspecified atom stereocenters. The van der Waals surface area contributed by atoms with Crippen LogP contribution in [0.15, 0.2) is 36.4 Å². The fourth-order valence-electron chi connectivity index (χ4n) is 4.28. The van der Waals surface area contributed by atoms with E-state index in [4.69, 9.17) is 9.47 Å². The number of carbonyl (C=O) groups excluding carboxylic acids is 2. The predicted molar refractivity (Wildman–Crippen MR) is 131 cm³/mol. The van der Waals surface area contributed by atoms with Crippen molar-refractivity contribution >= 4 is 17.7 Å². The first-order chi connectivity index (χ1) is 16.8. The topological polar surface area (TPSA) is 59.1 Å². The number of alkyl halides is 3. The van der Waals surface area contributed by atoms with Crippen LogP contribution in [0.4, 0.5) is 23.7 Å². The van der Waals surface area contributed by atoms with Crippen LogP contribution < -0.4 is 9.64 Å². The highest BCUT2D eigenvalue weighted by Crippen LogP contribution is 2.32. The standard InChI is InChI=1S/C27H33F3N2O4/c1-6-35-24(33)26(4,5)36-23-18(2)16-20(17-19(23)3)8-7-13-31-14-15-32(25(31)34)22-11-9-21(10-12-22)27(28,29)30/h9-12,16-17H,6-8,13-15H2,1-5H3. The SMILES string of the molecule is CCOC(=O)C(C)(C)Oc1c(C)cc(CCCN2CCN(c3ccc(C(F)(F)F)cc3)C2=O)cc1C. The first-order valence-corrected chi connectivity index (χ1v) is 12.0. The molecule has 0 bridgehead atoms. The fraction of sp³-hybridized carbons (Fsp3) is 0.481. The number of aryl methyl sites for hydroxylation is 3. The molecule has 3 rings (SSSR count). The van der Waals surface area contributed by atoms with Crippen LogP contribution in [-0.4, -0.2) is 48.7 Å². The lowest BCUT2D eigenvalue weighted by Gasteiger charge is -2.26. The molecule has 0 aliphatic carbocycles. The molecule has 2 aromatic carbocycles. The molecule has 1 aliphatic heterocycles. The van der Waals surface area contributed by atoms with Gasteiger partial charge in [0.2, 0.25) is 0 Å². The van der Waals surface area contributed by atoms with Crippen molar-refractivity contribution in [2.45, 2.75) is 59.2 Å². The van der Waals surface area contributed by atoms with Gasteiger partial charge in [-0.25, -0.2) is 9.59 Å². The van der Waals surface area contributed by atoms with Crippen LogP contribution >= 0.6 is 0 Å². The van der Waals surface area contributed by atoms with E-state index >= 15 is 0 Å². The summed E-state index contributed by atoms with van der Waals surface area (Å²) in [6.07, 6.45) is -2.93. The van der Waals surface area contributed by atoms with Gasteiger partial charge in [-0.3, -0.25) is 4.90 Å². The molecule has 1 saturated heterocycles. The molecule has 196 valence electrons. The number of nitrogens with zero attached hydrogens (tertiary/aromatic N) is 2. The van der Waals surface area contributed by atoms with E-state index in [-0.39, 0.29) is 12.6 Å². The van der Waals surface area contributed by atoms with Crippen molar-refractivity contribution in [1.29, 1.82) is 0 Å². The molecule has 1 fully saturated rings. The Morgan fingerprint density at radius 2 is 1.64 bits per heavy atom. The zero-order valence-electron chi connectivity index (χ0n) is 21.4. The van der Waals surface area contributed by atoms with E-state index in [0.717, 1.165) is 41.7 Å². The largest absolute Gasteiger partial charge is 0.476 e. The molecule has 36 heavy (non-hydrogen) atoms. The van der Waals surface area contributed by atoms with Crippen LogP contribution in [-0.2, 0) is 22.1 Å². The maximum absolute atomic E-state index is 12.8. The van der Waals surface area contributed by atoms with Gasteiger partial charge in [-0.15, -0.1) is 0 Å². The summed E-state index contributed by atoms with van der Waals surface area (Å²) in [5, 5.41) is 0. The number of amides is 2. The van der Waals surface area contributed by atoms with Crippen LogP contribution in [0, 0.1) is 13.8 Å². The van der Waals surface area contributed by atoms with Crippen molar-refractivity contribution < 1.29 is 32.2 Å². The Morgan fingerprint density at radius 3 is 2.19 bits per heavy atom. The lowest BCUT2D eigenvalue weighted by atomic mass is 10.0. The summed E-state index contributed by atoms with van der Waals surface area (Å²) in [6, 6.07) is 8.50. The van der Waals surface area contributed by atoms with Crippen molar-refractivity contribution in [3.8, 4) is 5.75 Å². The molecule has 0 N–H and O–H groups in total. The quantitative estimate of drug-likeness (QED) is 0.397. The minimum absolute atomic E-state index is 0.202. The average Bonchev–Trinajstić information content (AvgIpc) is 3.16. The number of hydrogen-bond acceptors (Lipinski definition) is 4. The van der Waals surface area contributed by atoms with Gasteiger partial charge in [0.15, 0.2) is 5.60 Å². The third-order valence-electron chi connectivity index (χ3n) is 6.14. The van der Waals surface area contributed by atoms with E-state index in [1.807, 2.05) is 26.0 Å². The van der Waals surface area contributed by atoms with Gasteiger partial charge < -0.3 is 14.4 Å². The van der Waals surface area contributed by atoms with Gasteiger partial charge >= 0.3 is 18.2 Å². The lowest BCUT2D eigenvalue weighted by molar-refractivity contribution is -0.158. The summed E-state index contributed by atoms with van der Waals surface area (Å²) < 4.78 is 49.5. The molecule has 1 aliphatic rings. The fourth-order valence-corrected chi connectivity index (χ4v) is 4.28. The molecule has 0 radical (unpaired) electrons. The third kappa shape index (κ3) is 6.30. The van der Waals surface area contributed by atoms with Crippen LogP contribution in [0.2, 0.25) is 0 Å². The number of rotatable bonds is 9. The van der Waals surface area contributed by atoms with Gasteiger partial charge in [-0.2, -0.15) is 13.2 Å². The van der Waals surface area contributed by atoms with Crippen LogP contribution in [0.5, 0.6) is 5.75 Å². The molecule has 2 aromatic rings. The summed E-state index contributed by atoms with van der Waals surface area (Å²) >= 11 is 0. The zero-order chi connectivity index (χ0) is 26.7. The van der Waals surface area contributed by atoms with E-state index in [1.54, 1.807) is 25.7 Å². The first-order valence-electron chi connectivity index (χ1n) is 12.0. The van der Waals surface area contributed by atoms with E-state index in [0.29, 0.717) is 31.1 Å². The Labute approximate surface area is 210 Å². The van der Waals surface area contributed by atoms with E-state index in [2.05, 4.69) is 0 Å². The van der Waals surface area contributed by atoms with Crippen LogP contribution in [0.3, 0.4) is 0 Å². The molecule has 0 spiro atoms. The van der Waals surface area contributed by atoms with E-state index < -0.39 is 23.3 Å². The average molecular weight is 507 g/mol. The summed E-state index contributed by atoms with van der Waals surface area (Å²) in [6.45, 7) is 10.8. The molecule has 0 saturated carbocycles. The summed E-state index contributed by atoms with van der Waals surface area (Å²) in [5.74, 6) is 0.229. The number of ether oxygens (including phenoxy) is 2. The molecular formula is C27H33F3N2O4. The third-order valence-corrected chi connectivity index (χ3v) is 6.14. The number of urea groups is 1. The number of anilines is 1. The number of esters is 1. The Bertz CT molecular complexity index is 1070. The van der Waals surface area contributed by atoms with Crippen LogP contribution in [0.25, 0.3) is 0 Å². The van der Waals surface area contributed by atoms with Crippen molar-refractivity contribution in [2.75, 3.05) is 31.1 Å². The number of hydrogen-bond donors (Lipinski definition) is 0. The maximum Gasteiger partial charge on any atom is 0.416 e. The molecule has 0 aromatic heterocycles. The highest BCUT2D eigenvalue weighted by Gasteiger charge is 2.34. The van der Waals surface area contributed by atoms with Crippen LogP contribution in [0.1, 0.15) is 49.4 Å². The molecule has 9 heteroatoms. The summed E-state index contributed by atoms with van der Waals surface area (Å²) in [4.78, 5) is 28.2. The molecular weight excluding hydrogens is 473 g/mol. The Balaban J connectivity index is 1.57. The molecule has 1 heterocycles. The van der Waals surface area contributed by atoms with Gasteiger partial charge in [0.1, 0.15) is 5.75 Å².